The highest BCUT2D eigenvalue weighted by Crippen LogP contribution is 2.22. The molecule has 0 saturated carbocycles. The molecule has 0 bridgehead atoms. The average Bonchev–Trinajstić information content (AvgIpc) is 2.44. The Kier molecular flexibility index (Phi) is 5.23. The zero-order valence-electron chi connectivity index (χ0n) is 12.0. The molecule has 1 aliphatic heterocycles. The predicted octanol–water partition coefficient (Wildman–Crippen LogP) is 2.33. The lowest BCUT2D eigenvalue weighted by Gasteiger charge is -2.36. The zero-order chi connectivity index (χ0) is 13.7. The normalized spacial score (nSPS) is 24.4. The van der Waals surface area contributed by atoms with Gasteiger partial charge < -0.3 is 14.7 Å². The van der Waals surface area contributed by atoms with Crippen LogP contribution in [0.2, 0.25) is 0 Å². The summed E-state index contributed by atoms with van der Waals surface area (Å²) in [5, 5.41) is 10.2. The van der Waals surface area contributed by atoms with E-state index in [0.29, 0.717) is 5.92 Å². The highest BCUT2D eigenvalue weighted by atomic mass is 16.5. The molecule has 106 valence electrons. The Bertz CT molecular complexity index is 377. The quantitative estimate of drug-likeness (QED) is 0.885. The summed E-state index contributed by atoms with van der Waals surface area (Å²) < 4.78 is 5.17. The van der Waals surface area contributed by atoms with E-state index < -0.39 is 0 Å². The number of aliphatic hydroxyl groups is 1. The fourth-order valence-corrected chi connectivity index (χ4v) is 2.88. The highest BCUT2D eigenvalue weighted by molar-refractivity contribution is 5.27. The van der Waals surface area contributed by atoms with Crippen molar-refractivity contribution in [2.75, 3.05) is 26.7 Å². The molecule has 0 amide bonds. The molecule has 1 aliphatic rings. The third kappa shape index (κ3) is 3.95. The molecule has 3 heteroatoms. The lowest BCUT2D eigenvalue weighted by atomic mass is 9.88. The predicted molar refractivity (Wildman–Crippen MR) is 77.5 cm³/mol. The van der Waals surface area contributed by atoms with Crippen molar-refractivity contribution in [1.82, 2.24) is 4.90 Å². The topological polar surface area (TPSA) is 32.7 Å². The third-order valence-corrected chi connectivity index (χ3v) is 3.97. The van der Waals surface area contributed by atoms with E-state index in [1.165, 1.54) is 12.0 Å². The highest BCUT2D eigenvalue weighted by Gasteiger charge is 2.27. The molecule has 0 aliphatic carbocycles. The molecule has 1 N–H and O–H groups in total. The van der Waals surface area contributed by atoms with Crippen LogP contribution in [0.5, 0.6) is 5.75 Å². The van der Waals surface area contributed by atoms with Gasteiger partial charge in [-0.25, -0.2) is 0 Å². The van der Waals surface area contributed by atoms with Crippen LogP contribution in [-0.2, 0) is 6.42 Å². The lowest BCUT2D eigenvalue weighted by molar-refractivity contribution is 0.0270. The second-order valence-corrected chi connectivity index (χ2v) is 5.47. The summed E-state index contributed by atoms with van der Waals surface area (Å²) in [5.74, 6) is 1.24. The van der Waals surface area contributed by atoms with E-state index >= 15 is 0 Å². The van der Waals surface area contributed by atoms with E-state index in [2.05, 4.69) is 24.0 Å². The summed E-state index contributed by atoms with van der Waals surface area (Å²) in [6.07, 6.45) is 2.88. The molecule has 2 atom stereocenters. The molecule has 1 fully saturated rings. The van der Waals surface area contributed by atoms with Crippen molar-refractivity contribution in [3.8, 4) is 5.75 Å². The lowest BCUT2D eigenvalue weighted by Crippen LogP contribution is -2.44. The van der Waals surface area contributed by atoms with Crippen molar-refractivity contribution >= 4 is 0 Å². The number of ether oxygens (including phenoxy) is 1. The monoisotopic (exact) mass is 263 g/mol. The first-order valence-electron chi connectivity index (χ1n) is 7.26. The molecular formula is C16H25NO2. The van der Waals surface area contributed by atoms with Crippen LogP contribution in [0, 0.1) is 5.92 Å². The van der Waals surface area contributed by atoms with Gasteiger partial charge in [0, 0.05) is 19.0 Å². The summed E-state index contributed by atoms with van der Waals surface area (Å²) in [6, 6.07) is 8.19. The third-order valence-electron chi connectivity index (χ3n) is 3.97. The minimum atomic E-state index is -0.157. The number of aliphatic hydroxyl groups excluding tert-OH is 1. The van der Waals surface area contributed by atoms with Gasteiger partial charge in [-0.3, -0.25) is 0 Å². The molecule has 0 aromatic heterocycles. The number of hydrogen-bond donors (Lipinski definition) is 1. The summed E-state index contributed by atoms with van der Waals surface area (Å²) in [4.78, 5) is 2.47. The molecular weight excluding hydrogens is 238 g/mol. The van der Waals surface area contributed by atoms with Crippen molar-refractivity contribution in [1.29, 1.82) is 0 Å². The van der Waals surface area contributed by atoms with Crippen LogP contribution in [0.3, 0.4) is 0 Å². The minimum Gasteiger partial charge on any atom is -0.497 e. The standard InChI is InChI=1S/C16H25NO2/c1-3-9-17-10-8-16(18)14(12-17)11-13-4-6-15(19-2)7-5-13/h4-7,14,16,18H,3,8-12H2,1-2H3. The fourth-order valence-electron chi connectivity index (χ4n) is 2.88. The van der Waals surface area contributed by atoms with Gasteiger partial charge in [-0.05, 0) is 43.5 Å². The van der Waals surface area contributed by atoms with Gasteiger partial charge in [0.1, 0.15) is 5.75 Å². The van der Waals surface area contributed by atoms with Crippen molar-refractivity contribution in [3.05, 3.63) is 29.8 Å². The molecule has 0 radical (unpaired) electrons. The summed E-state index contributed by atoms with van der Waals surface area (Å²) in [7, 11) is 1.68. The number of hydrogen-bond acceptors (Lipinski definition) is 3. The van der Waals surface area contributed by atoms with Gasteiger partial charge in [0.2, 0.25) is 0 Å². The van der Waals surface area contributed by atoms with E-state index in [9.17, 15) is 5.11 Å². The molecule has 1 aromatic carbocycles. The average molecular weight is 263 g/mol. The maximum atomic E-state index is 10.2. The van der Waals surface area contributed by atoms with Gasteiger partial charge in [-0.15, -0.1) is 0 Å². The van der Waals surface area contributed by atoms with Crippen LogP contribution in [-0.4, -0.2) is 42.9 Å². The Balaban J connectivity index is 1.95. The van der Waals surface area contributed by atoms with Crippen molar-refractivity contribution in [2.24, 2.45) is 5.92 Å². The minimum absolute atomic E-state index is 0.157. The summed E-state index contributed by atoms with van der Waals surface area (Å²) in [6.45, 7) is 5.41. The van der Waals surface area contributed by atoms with Gasteiger partial charge in [-0.2, -0.15) is 0 Å². The number of nitrogens with zero attached hydrogens (tertiary/aromatic N) is 1. The molecule has 1 aromatic rings. The van der Waals surface area contributed by atoms with Gasteiger partial charge in [0.05, 0.1) is 13.2 Å². The zero-order valence-corrected chi connectivity index (χ0v) is 12.0. The fraction of sp³-hybridized carbons (Fsp3) is 0.625. The van der Waals surface area contributed by atoms with Crippen LogP contribution < -0.4 is 4.74 Å². The van der Waals surface area contributed by atoms with Gasteiger partial charge in [0.25, 0.3) is 0 Å². The largest absolute Gasteiger partial charge is 0.497 e. The van der Waals surface area contributed by atoms with Crippen LogP contribution in [0.15, 0.2) is 24.3 Å². The molecule has 3 nitrogen and oxygen atoms in total. The Morgan fingerprint density at radius 3 is 2.68 bits per heavy atom. The number of likely N-dealkylation sites (tertiary alicyclic amines) is 1. The van der Waals surface area contributed by atoms with Crippen LogP contribution in [0.1, 0.15) is 25.3 Å². The Hall–Kier alpha value is -1.06. The van der Waals surface area contributed by atoms with Gasteiger partial charge in [0.15, 0.2) is 0 Å². The molecule has 1 heterocycles. The van der Waals surface area contributed by atoms with Gasteiger partial charge in [-0.1, -0.05) is 19.1 Å². The van der Waals surface area contributed by atoms with E-state index in [0.717, 1.165) is 38.2 Å². The van der Waals surface area contributed by atoms with E-state index in [4.69, 9.17) is 4.74 Å². The molecule has 1 saturated heterocycles. The van der Waals surface area contributed by atoms with E-state index in [-0.39, 0.29) is 6.10 Å². The van der Waals surface area contributed by atoms with Crippen molar-refractivity contribution < 1.29 is 9.84 Å². The van der Waals surface area contributed by atoms with E-state index in [1.807, 2.05) is 12.1 Å². The Morgan fingerprint density at radius 1 is 1.32 bits per heavy atom. The smallest absolute Gasteiger partial charge is 0.118 e. The number of piperidine rings is 1. The van der Waals surface area contributed by atoms with Gasteiger partial charge >= 0.3 is 0 Å². The molecule has 2 unspecified atom stereocenters. The van der Waals surface area contributed by atoms with Crippen LogP contribution in [0.4, 0.5) is 0 Å². The summed E-state index contributed by atoms with van der Waals surface area (Å²) >= 11 is 0. The molecule has 2 rings (SSSR count). The molecule has 19 heavy (non-hydrogen) atoms. The second-order valence-electron chi connectivity index (χ2n) is 5.47. The maximum Gasteiger partial charge on any atom is 0.118 e. The second kappa shape index (κ2) is 6.92. The maximum absolute atomic E-state index is 10.2. The molecule has 0 spiro atoms. The first kappa shape index (κ1) is 14.4. The SMILES string of the molecule is CCCN1CCC(O)C(Cc2ccc(OC)cc2)C1. The Morgan fingerprint density at radius 2 is 2.05 bits per heavy atom. The first-order valence-corrected chi connectivity index (χ1v) is 7.26. The van der Waals surface area contributed by atoms with Crippen molar-refractivity contribution in [3.63, 3.8) is 0 Å². The number of rotatable bonds is 5. The van der Waals surface area contributed by atoms with Crippen molar-refractivity contribution in [2.45, 2.75) is 32.3 Å². The number of benzene rings is 1. The van der Waals surface area contributed by atoms with E-state index in [1.54, 1.807) is 7.11 Å². The summed E-state index contributed by atoms with van der Waals surface area (Å²) in [5.41, 5.74) is 1.28. The van der Waals surface area contributed by atoms with Crippen LogP contribution >= 0.6 is 0 Å². The first-order chi connectivity index (χ1) is 9.22. The Labute approximate surface area is 116 Å². The number of methoxy groups -OCH3 is 1. The van der Waals surface area contributed by atoms with Crippen LogP contribution in [0.25, 0.3) is 0 Å².